The number of piperazine rings is 1. The van der Waals surface area contributed by atoms with Gasteiger partial charge in [0.15, 0.2) is 0 Å². The lowest BCUT2D eigenvalue weighted by molar-refractivity contribution is 0.132. The van der Waals surface area contributed by atoms with Gasteiger partial charge >= 0.3 is 6.03 Å². The predicted octanol–water partition coefficient (Wildman–Crippen LogP) is 3.54. The summed E-state index contributed by atoms with van der Waals surface area (Å²) in [5.74, 6) is 0.573. The lowest BCUT2D eigenvalue weighted by atomic mass is 10.0. The number of nitrogens with zero attached hydrogens (tertiary/aromatic N) is 3. The third-order valence-corrected chi connectivity index (χ3v) is 5.68. The Morgan fingerprint density at radius 1 is 1.04 bits per heavy atom. The van der Waals surface area contributed by atoms with Crippen LogP contribution in [0.5, 0.6) is 0 Å². The summed E-state index contributed by atoms with van der Waals surface area (Å²) < 4.78 is 0. The number of nitrogens with one attached hydrogen (secondary N) is 1. The number of carbonyl (C=O) groups excluding carboxylic acids is 1. The van der Waals surface area contributed by atoms with E-state index in [0.29, 0.717) is 11.5 Å². The van der Waals surface area contributed by atoms with E-state index in [2.05, 4.69) is 28.4 Å². The number of hydrogen-bond donors (Lipinski definition) is 1. The molecule has 2 aromatic rings. The molecule has 2 amide bonds. The molecule has 5 heteroatoms. The Morgan fingerprint density at radius 2 is 1.71 bits per heavy atom. The van der Waals surface area contributed by atoms with Crippen molar-refractivity contribution in [3.05, 3.63) is 71.3 Å². The van der Waals surface area contributed by atoms with Crippen LogP contribution in [0.15, 0.2) is 54.6 Å². The van der Waals surface area contributed by atoms with Gasteiger partial charge in [-0.05, 0) is 42.0 Å². The van der Waals surface area contributed by atoms with E-state index in [9.17, 15) is 4.79 Å². The van der Waals surface area contributed by atoms with E-state index in [-0.39, 0.29) is 12.1 Å². The molecular formula is C23H26N4O. The monoisotopic (exact) mass is 374 g/mol. The van der Waals surface area contributed by atoms with Crippen LogP contribution in [0.25, 0.3) is 0 Å². The molecule has 2 aromatic carbocycles. The van der Waals surface area contributed by atoms with Crippen LogP contribution in [-0.2, 0) is 6.54 Å². The van der Waals surface area contributed by atoms with Crippen LogP contribution in [0, 0.1) is 17.2 Å². The van der Waals surface area contributed by atoms with Crippen LogP contribution in [0.3, 0.4) is 0 Å². The standard InChI is InChI=1S/C23H26N4O/c24-16-18-6-8-19(9-7-18)17-26-12-14-27(15-13-26)23(28)25-22(21-10-11-21)20-4-2-1-3-5-20/h1-9,21-22H,10-15,17H2,(H,25,28)/t22-/m1/s1. The number of urea groups is 1. The van der Waals surface area contributed by atoms with Crippen molar-refractivity contribution in [2.75, 3.05) is 26.2 Å². The van der Waals surface area contributed by atoms with Gasteiger partial charge in [-0.1, -0.05) is 42.5 Å². The molecule has 1 aliphatic heterocycles. The van der Waals surface area contributed by atoms with Crippen LogP contribution in [0.1, 0.15) is 35.6 Å². The van der Waals surface area contributed by atoms with Gasteiger partial charge in [-0.15, -0.1) is 0 Å². The zero-order valence-corrected chi connectivity index (χ0v) is 16.1. The summed E-state index contributed by atoms with van der Waals surface area (Å²) in [6.07, 6.45) is 2.39. The summed E-state index contributed by atoms with van der Waals surface area (Å²) in [6, 6.07) is 20.4. The number of rotatable bonds is 5. The smallest absolute Gasteiger partial charge is 0.317 e. The second kappa shape index (κ2) is 8.45. The van der Waals surface area contributed by atoms with Crippen molar-refractivity contribution in [2.24, 2.45) is 5.92 Å². The van der Waals surface area contributed by atoms with E-state index < -0.39 is 0 Å². The molecule has 28 heavy (non-hydrogen) atoms. The average Bonchev–Trinajstić information content (AvgIpc) is 3.59. The van der Waals surface area contributed by atoms with E-state index in [1.807, 2.05) is 47.4 Å². The minimum Gasteiger partial charge on any atom is -0.331 e. The van der Waals surface area contributed by atoms with Gasteiger partial charge in [-0.3, -0.25) is 4.90 Å². The zero-order chi connectivity index (χ0) is 19.3. The zero-order valence-electron chi connectivity index (χ0n) is 16.1. The fourth-order valence-electron chi connectivity index (χ4n) is 3.84. The molecule has 1 saturated carbocycles. The van der Waals surface area contributed by atoms with Crippen molar-refractivity contribution in [1.82, 2.24) is 15.1 Å². The largest absolute Gasteiger partial charge is 0.331 e. The van der Waals surface area contributed by atoms with Gasteiger partial charge in [0.25, 0.3) is 0 Å². The lowest BCUT2D eigenvalue weighted by Crippen LogP contribution is -2.52. The molecule has 1 aliphatic carbocycles. The molecule has 0 bridgehead atoms. The normalized spacial score (nSPS) is 18.3. The predicted molar refractivity (Wildman–Crippen MR) is 108 cm³/mol. The molecule has 4 rings (SSSR count). The minimum atomic E-state index is 0.0544. The molecule has 144 valence electrons. The Labute approximate surface area is 166 Å². The molecule has 1 saturated heterocycles. The number of amides is 2. The van der Waals surface area contributed by atoms with Gasteiger partial charge in [0.05, 0.1) is 17.7 Å². The molecule has 1 N–H and O–H groups in total. The first-order valence-corrected chi connectivity index (χ1v) is 10.0. The maximum Gasteiger partial charge on any atom is 0.317 e. The summed E-state index contributed by atoms with van der Waals surface area (Å²) >= 11 is 0. The Morgan fingerprint density at radius 3 is 2.32 bits per heavy atom. The summed E-state index contributed by atoms with van der Waals surface area (Å²) in [7, 11) is 0. The molecule has 1 atom stereocenters. The van der Waals surface area contributed by atoms with E-state index >= 15 is 0 Å². The fourth-order valence-corrected chi connectivity index (χ4v) is 3.84. The van der Waals surface area contributed by atoms with Gasteiger partial charge in [0.1, 0.15) is 0 Å². The molecule has 5 nitrogen and oxygen atoms in total. The van der Waals surface area contributed by atoms with Gasteiger partial charge in [-0.2, -0.15) is 5.26 Å². The molecule has 2 aliphatic rings. The molecule has 1 heterocycles. The second-order valence-electron chi connectivity index (χ2n) is 7.75. The number of benzene rings is 2. The maximum absolute atomic E-state index is 12.8. The van der Waals surface area contributed by atoms with Crippen LogP contribution >= 0.6 is 0 Å². The summed E-state index contributed by atoms with van der Waals surface area (Å²) in [4.78, 5) is 17.1. The van der Waals surface area contributed by atoms with E-state index in [0.717, 1.165) is 32.7 Å². The second-order valence-corrected chi connectivity index (χ2v) is 7.75. The van der Waals surface area contributed by atoms with Crippen LogP contribution in [-0.4, -0.2) is 42.0 Å². The van der Waals surface area contributed by atoms with Gasteiger partial charge in [-0.25, -0.2) is 4.79 Å². The summed E-state index contributed by atoms with van der Waals surface area (Å²) in [6.45, 7) is 4.08. The topological polar surface area (TPSA) is 59.4 Å². The fraction of sp³-hybridized carbons (Fsp3) is 0.391. The van der Waals surface area contributed by atoms with Crippen molar-refractivity contribution < 1.29 is 4.79 Å². The van der Waals surface area contributed by atoms with Gasteiger partial charge in [0, 0.05) is 32.7 Å². The Bertz CT molecular complexity index is 831. The summed E-state index contributed by atoms with van der Waals surface area (Å²) in [5, 5.41) is 12.2. The van der Waals surface area contributed by atoms with Crippen LogP contribution in [0.2, 0.25) is 0 Å². The highest BCUT2D eigenvalue weighted by Crippen LogP contribution is 2.41. The molecule has 0 aromatic heterocycles. The minimum absolute atomic E-state index is 0.0544. The van der Waals surface area contributed by atoms with Crippen molar-refractivity contribution >= 4 is 6.03 Å². The van der Waals surface area contributed by atoms with Gasteiger partial charge in [0.2, 0.25) is 0 Å². The quantitative estimate of drug-likeness (QED) is 0.871. The molecule has 0 radical (unpaired) electrons. The maximum atomic E-state index is 12.8. The first-order chi connectivity index (χ1) is 13.7. The highest BCUT2D eigenvalue weighted by atomic mass is 16.2. The molecule has 2 fully saturated rings. The first kappa shape index (κ1) is 18.5. The molecule has 0 unspecified atom stereocenters. The number of carbonyl (C=O) groups is 1. The van der Waals surface area contributed by atoms with Crippen LogP contribution < -0.4 is 5.32 Å². The molecule has 0 spiro atoms. The average molecular weight is 374 g/mol. The SMILES string of the molecule is N#Cc1ccc(CN2CCN(C(=O)N[C@H](c3ccccc3)C3CC3)CC2)cc1. The van der Waals surface area contributed by atoms with Crippen LogP contribution in [0.4, 0.5) is 4.79 Å². The number of hydrogen-bond acceptors (Lipinski definition) is 3. The highest BCUT2D eigenvalue weighted by molar-refractivity contribution is 5.75. The van der Waals surface area contributed by atoms with Crippen molar-refractivity contribution in [3.63, 3.8) is 0 Å². The third kappa shape index (κ3) is 4.52. The Balaban J connectivity index is 1.29. The lowest BCUT2D eigenvalue weighted by Gasteiger charge is -2.35. The Kier molecular flexibility index (Phi) is 5.59. The number of nitriles is 1. The van der Waals surface area contributed by atoms with Crippen molar-refractivity contribution in [1.29, 1.82) is 5.26 Å². The van der Waals surface area contributed by atoms with E-state index in [1.54, 1.807) is 0 Å². The van der Waals surface area contributed by atoms with Crippen molar-refractivity contribution in [3.8, 4) is 6.07 Å². The van der Waals surface area contributed by atoms with E-state index in [4.69, 9.17) is 5.26 Å². The Hall–Kier alpha value is -2.84. The van der Waals surface area contributed by atoms with Crippen molar-refractivity contribution in [2.45, 2.75) is 25.4 Å². The van der Waals surface area contributed by atoms with Gasteiger partial charge < -0.3 is 10.2 Å². The highest BCUT2D eigenvalue weighted by Gasteiger charge is 2.34. The van der Waals surface area contributed by atoms with E-state index in [1.165, 1.54) is 24.0 Å². The molecular weight excluding hydrogens is 348 g/mol. The first-order valence-electron chi connectivity index (χ1n) is 10.0. The summed E-state index contributed by atoms with van der Waals surface area (Å²) in [5.41, 5.74) is 3.10. The third-order valence-electron chi connectivity index (χ3n) is 5.68.